The molecule has 2 saturated heterocycles. The van der Waals surface area contributed by atoms with Crippen LogP contribution in [0.4, 0.5) is 0 Å². The molecule has 2 amide bonds. The lowest BCUT2D eigenvalue weighted by Crippen LogP contribution is -2.52. The minimum atomic E-state index is 0.0593. The van der Waals surface area contributed by atoms with Crippen LogP contribution in [0.2, 0.25) is 0 Å². The number of amides is 2. The van der Waals surface area contributed by atoms with Gasteiger partial charge >= 0.3 is 0 Å². The number of hydrogen-bond donors (Lipinski definition) is 0. The van der Waals surface area contributed by atoms with Gasteiger partial charge in [0.15, 0.2) is 0 Å². The highest BCUT2D eigenvalue weighted by Crippen LogP contribution is 2.17. The van der Waals surface area contributed by atoms with E-state index in [1.807, 2.05) is 33.4 Å². The summed E-state index contributed by atoms with van der Waals surface area (Å²) in [5.41, 5.74) is 0. The average Bonchev–Trinajstić information content (AvgIpc) is 3.14. The third-order valence-electron chi connectivity index (χ3n) is 5.10. The molecular formula is C19H27N3O2S. The van der Waals surface area contributed by atoms with Crippen molar-refractivity contribution in [2.75, 3.05) is 39.3 Å². The molecule has 2 fully saturated rings. The molecule has 2 aliphatic rings. The van der Waals surface area contributed by atoms with Crippen molar-refractivity contribution in [2.45, 2.75) is 32.2 Å². The Kier molecular flexibility index (Phi) is 6.26. The van der Waals surface area contributed by atoms with Crippen LogP contribution in [0.1, 0.15) is 31.1 Å². The molecule has 1 atom stereocenters. The second-order valence-electron chi connectivity index (χ2n) is 6.88. The number of thiophene rings is 1. The van der Waals surface area contributed by atoms with Crippen molar-refractivity contribution in [3.05, 3.63) is 28.5 Å². The van der Waals surface area contributed by atoms with E-state index in [9.17, 15) is 9.59 Å². The van der Waals surface area contributed by atoms with Crippen molar-refractivity contribution < 1.29 is 9.59 Å². The molecule has 1 aromatic rings. The molecule has 0 bridgehead atoms. The molecule has 1 unspecified atom stereocenters. The minimum absolute atomic E-state index is 0.0593. The average molecular weight is 362 g/mol. The maximum absolute atomic E-state index is 12.5. The fourth-order valence-corrected chi connectivity index (χ4v) is 4.14. The van der Waals surface area contributed by atoms with Gasteiger partial charge in [0.1, 0.15) is 0 Å². The molecule has 6 heteroatoms. The molecule has 136 valence electrons. The third kappa shape index (κ3) is 4.92. The molecule has 25 heavy (non-hydrogen) atoms. The maximum Gasteiger partial charge on any atom is 0.246 e. The number of nitrogens with zero attached hydrogens (tertiary/aromatic N) is 3. The predicted octanol–water partition coefficient (Wildman–Crippen LogP) is 2.31. The van der Waals surface area contributed by atoms with Crippen LogP contribution in [0, 0.1) is 0 Å². The first-order chi connectivity index (χ1) is 12.1. The lowest BCUT2D eigenvalue weighted by atomic mass is 10.0. The van der Waals surface area contributed by atoms with Crippen LogP contribution in [-0.4, -0.2) is 71.8 Å². The highest BCUT2D eigenvalue weighted by molar-refractivity contribution is 7.10. The van der Waals surface area contributed by atoms with Crippen molar-refractivity contribution in [1.82, 2.24) is 14.7 Å². The Bertz CT molecular complexity index is 606. The van der Waals surface area contributed by atoms with Gasteiger partial charge in [-0.1, -0.05) is 6.07 Å². The fourth-order valence-electron chi connectivity index (χ4n) is 3.52. The van der Waals surface area contributed by atoms with E-state index in [0.717, 1.165) is 37.4 Å². The normalized spacial score (nSPS) is 22.5. The Morgan fingerprint density at radius 2 is 2.00 bits per heavy atom. The summed E-state index contributed by atoms with van der Waals surface area (Å²) in [5.74, 6) is 0.300. The van der Waals surface area contributed by atoms with Crippen LogP contribution in [0.25, 0.3) is 6.08 Å². The summed E-state index contributed by atoms with van der Waals surface area (Å²) in [6.45, 7) is 6.45. The molecule has 0 spiro atoms. The molecule has 0 saturated carbocycles. The highest BCUT2D eigenvalue weighted by atomic mass is 32.1. The quantitative estimate of drug-likeness (QED) is 0.773. The van der Waals surface area contributed by atoms with Crippen LogP contribution in [-0.2, 0) is 9.59 Å². The highest BCUT2D eigenvalue weighted by Gasteiger charge is 2.26. The van der Waals surface area contributed by atoms with Crippen molar-refractivity contribution in [3.8, 4) is 0 Å². The first-order valence-corrected chi connectivity index (χ1v) is 10.0. The van der Waals surface area contributed by atoms with Gasteiger partial charge in [-0.3, -0.25) is 14.5 Å². The van der Waals surface area contributed by atoms with E-state index in [1.54, 1.807) is 17.4 Å². The van der Waals surface area contributed by atoms with E-state index in [2.05, 4.69) is 11.8 Å². The molecule has 3 rings (SSSR count). The van der Waals surface area contributed by atoms with E-state index >= 15 is 0 Å². The Morgan fingerprint density at radius 1 is 1.20 bits per heavy atom. The summed E-state index contributed by atoms with van der Waals surface area (Å²) in [7, 11) is 0. The van der Waals surface area contributed by atoms with Crippen LogP contribution in [0.5, 0.6) is 0 Å². The summed E-state index contributed by atoms with van der Waals surface area (Å²) in [5, 5.41) is 2.00. The first-order valence-electron chi connectivity index (χ1n) is 9.16. The minimum Gasteiger partial charge on any atom is -0.339 e. The number of likely N-dealkylation sites (tertiary alicyclic amines) is 1. The Labute approximate surface area is 153 Å². The SMILES string of the molecule is CC1CCCCN1C(=O)CN1CCN(C(=O)/C=C/c2cccs2)CC1. The van der Waals surface area contributed by atoms with Crippen molar-refractivity contribution >= 4 is 29.2 Å². The first kappa shape index (κ1) is 18.1. The van der Waals surface area contributed by atoms with E-state index in [1.165, 1.54) is 6.42 Å². The summed E-state index contributed by atoms with van der Waals surface area (Å²) in [6.07, 6.45) is 6.99. The molecule has 0 radical (unpaired) electrons. The lowest BCUT2D eigenvalue weighted by molar-refractivity contribution is -0.136. The van der Waals surface area contributed by atoms with Gasteiger partial charge in [-0.05, 0) is 43.7 Å². The van der Waals surface area contributed by atoms with Gasteiger partial charge in [-0.2, -0.15) is 0 Å². The number of carbonyl (C=O) groups is 2. The molecule has 0 aromatic carbocycles. The van der Waals surface area contributed by atoms with Gasteiger partial charge in [0, 0.05) is 49.7 Å². The standard InChI is InChI=1S/C19H27N3O2S/c1-16-5-2-3-9-22(16)19(24)15-20-10-12-21(13-11-20)18(23)8-7-17-6-4-14-25-17/h4,6-8,14,16H,2-3,5,9-13,15H2,1H3/b8-7+. The Morgan fingerprint density at radius 3 is 2.68 bits per heavy atom. The third-order valence-corrected chi connectivity index (χ3v) is 5.94. The second kappa shape index (κ2) is 8.63. The zero-order chi connectivity index (χ0) is 17.6. The van der Waals surface area contributed by atoms with Crippen molar-refractivity contribution in [1.29, 1.82) is 0 Å². The lowest BCUT2D eigenvalue weighted by Gasteiger charge is -2.37. The smallest absolute Gasteiger partial charge is 0.246 e. The van der Waals surface area contributed by atoms with Crippen LogP contribution < -0.4 is 0 Å². The zero-order valence-corrected chi connectivity index (χ0v) is 15.7. The molecule has 5 nitrogen and oxygen atoms in total. The number of piperazine rings is 1. The second-order valence-corrected chi connectivity index (χ2v) is 7.86. The van der Waals surface area contributed by atoms with E-state index < -0.39 is 0 Å². The molecule has 3 heterocycles. The van der Waals surface area contributed by atoms with Crippen LogP contribution in [0.3, 0.4) is 0 Å². The van der Waals surface area contributed by atoms with Crippen molar-refractivity contribution in [2.24, 2.45) is 0 Å². The zero-order valence-electron chi connectivity index (χ0n) is 14.9. The monoisotopic (exact) mass is 361 g/mol. The fraction of sp³-hybridized carbons (Fsp3) is 0.579. The Balaban J connectivity index is 1.43. The molecular weight excluding hydrogens is 334 g/mol. The van der Waals surface area contributed by atoms with E-state index in [4.69, 9.17) is 0 Å². The van der Waals surface area contributed by atoms with Crippen molar-refractivity contribution in [3.63, 3.8) is 0 Å². The van der Waals surface area contributed by atoms with Gasteiger partial charge in [0.2, 0.25) is 11.8 Å². The van der Waals surface area contributed by atoms with Gasteiger partial charge in [-0.25, -0.2) is 0 Å². The molecule has 2 aliphatic heterocycles. The van der Waals surface area contributed by atoms with E-state index in [-0.39, 0.29) is 11.8 Å². The van der Waals surface area contributed by atoms with Gasteiger partial charge in [0.05, 0.1) is 6.54 Å². The van der Waals surface area contributed by atoms with Gasteiger partial charge in [-0.15, -0.1) is 11.3 Å². The topological polar surface area (TPSA) is 43.9 Å². The molecule has 0 N–H and O–H groups in total. The summed E-state index contributed by atoms with van der Waals surface area (Å²) < 4.78 is 0. The van der Waals surface area contributed by atoms with Crippen LogP contribution >= 0.6 is 11.3 Å². The number of piperidine rings is 1. The van der Waals surface area contributed by atoms with E-state index in [0.29, 0.717) is 25.7 Å². The van der Waals surface area contributed by atoms with Crippen LogP contribution in [0.15, 0.2) is 23.6 Å². The van der Waals surface area contributed by atoms with Gasteiger partial charge < -0.3 is 9.80 Å². The number of rotatable bonds is 4. The summed E-state index contributed by atoms with van der Waals surface area (Å²) >= 11 is 1.62. The largest absolute Gasteiger partial charge is 0.339 e. The molecule has 1 aromatic heterocycles. The predicted molar refractivity (Wildman–Crippen MR) is 101 cm³/mol. The Hall–Kier alpha value is -1.66. The van der Waals surface area contributed by atoms with Gasteiger partial charge in [0.25, 0.3) is 0 Å². The molecule has 0 aliphatic carbocycles. The number of hydrogen-bond acceptors (Lipinski definition) is 4. The maximum atomic E-state index is 12.5. The number of carbonyl (C=O) groups excluding carboxylic acids is 2. The summed E-state index contributed by atoms with van der Waals surface area (Å²) in [4.78, 5) is 32.0. The summed E-state index contributed by atoms with van der Waals surface area (Å²) in [6, 6.07) is 4.35.